The summed E-state index contributed by atoms with van der Waals surface area (Å²) in [6, 6.07) is 6.17. The van der Waals surface area contributed by atoms with Gasteiger partial charge < -0.3 is 10.6 Å². The van der Waals surface area contributed by atoms with Crippen molar-refractivity contribution in [3.63, 3.8) is 0 Å². The third kappa shape index (κ3) is 2.92. The van der Waals surface area contributed by atoms with E-state index in [9.17, 15) is 18.0 Å². The molecular formula is C14H16N2O4S. The minimum Gasteiger partial charge on any atom is -0.351 e. The van der Waals surface area contributed by atoms with E-state index in [1.165, 1.54) is 0 Å². The van der Waals surface area contributed by atoms with E-state index in [-0.39, 0.29) is 29.4 Å². The predicted octanol–water partition coefficient (Wildman–Crippen LogP) is -0.356. The highest BCUT2D eigenvalue weighted by Gasteiger charge is 2.33. The van der Waals surface area contributed by atoms with Crippen LogP contribution in [0.2, 0.25) is 0 Å². The topological polar surface area (TPSA) is 92.3 Å². The SMILES string of the molecule is O=C1NC(C(=O)NC2CCS(=O)(=O)C2)Cc2ccccc21. The first kappa shape index (κ1) is 14.1. The molecule has 0 saturated carbocycles. The second-order valence-electron chi connectivity index (χ2n) is 5.50. The minimum atomic E-state index is -3.03. The van der Waals surface area contributed by atoms with Crippen LogP contribution in [0.3, 0.4) is 0 Å². The first-order valence-corrected chi connectivity index (χ1v) is 8.66. The highest BCUT2D eigenvalue weighted by molar-refractivity contribution is 7.91. The van der Waals surface area contributed by atoms with Crippen molar-refractivity contribution in [2.24, 2.45) is 0 Å². The highest BCUT2D eigenvalue weighted by atomic mass is 32.2. The van der Waals surface area contributed by atoms with Crippen molar-refractivity contribution in [2.75, 3.05) is 11.5 Å². The molecule has 2 atom stereocenters. The van der Waals surface area contributed by atoms with Crippen LogP contribution in [0.25, 0.3) is 0 Å². The van der Waals surface area contributed by atoms with Gasteiger partial charge in [-0.2, -0.15) is 0 Å². The smallest absolute Gasteiger partial charge is 0.252 e. The summed E-state index contributed by atoms with van der Waals surface area (Å²) in [4.78, 5) is 24.2. The van der Waals surface area contributed by atoms with Crippen LogP contribution in [0, 0.1) is 0 Å². The van der Waals surface area contributed by atoms with Crippen LogP contribution < -0.4 is 10.6 Å². The van der Waals surface area contributed by atoms with Gasteiger partial charge in [-0.15, -0.1) is 0 Å². The zero-order valence-electron chi connectivity index (χ0n) is 11.3. The van der Waals surface area contributed by atoms with Gasteiger partial charge in [0, 0.05) is 18.0 Å². The first-order chi connectivity index (χ1) is 9.94. The fourth-order valence-corrected chi connectivity index (χ4v) is 4.47. The van der Waals surface area contributed by atoms with Crippen LogP contribution in [0.5, 0.6) is 0 Å². The molecule has 1 aromatic carbocycles. The lowest BCUT2D eigenvalue weighted by Crippen LogP contribution is -2.53. The van der Waals surface area contributed by atoms with Crippen LogP contribution in [-0.4, -0.2) is 43.8 Å². The lowest BCUT2D eigenvalue weighted by Gasteiger charge is -2.25. The Morgan fingerprint density at radius 3 is 2.76 bits per heavy atom. The molecule has 0 spiro atoms. The Bertz CT molecular complexity index is 699. The van der Waals surface area contributed by atoms with E-state index in [0.29, 0.717) is 18.4 Å². The Labute approximate surface area is 122 Å². The molecule has 2 unspecified atom stereocenters. The molecule has 0 aromatic heterocycles. The molecule has 2 aliphatic heterocycles. The second kappa shape index (κ2) is 5.14. The standard InChI is InChI=1S/C14H16N2O4S/c17-13-11-4-2-1-3-9(11)7-12(16-13)14(18)15-10-5-6-21(19,20)8-10/h1-4,10,12H,5-8H2,(H,15,18)(H,16,17). The predicted molar refractivity (Wildman–Crippen MR) is 76.6 cm³/mol. The fraction of sp³-hybridized carbons (Fsp3) is 0.429. The monoisotopic (exact) mass is 308 g/mol. The van der Waals surface area contributed by atoms with Gasteiger partial charge in [-0.05, 0) is 18.1 Å². The summed E-state index contributed by atoms with van der Waals surface area (Å²) in [6.45, 7) is 0. The normalized spacial score (nSPS) is 26.8. The molecule has 7 heteroatoms. The molecule has 1 aromatic rings. The van der Waals surface area contributed by atoms with E-state index < -0.39 is 15.9 Å². The van der Waals surface area contributed by atoms with E-state index in [1.807, 2.05) is 12.1 Å². The number of rotatable bonds is 2. The molecule has 2 N–H and O–H groups in total. The van der Waals surface area contributed by atoms with Gasteiger partial charge >= 0.3 is 0 Å². The maximum absolute atomic E-state index is 12.2. The molecule has 2 aliphatic rings. The van der Waals surface area contributed by atoms with Crippen molar-refractivity contribution in [2.45, 2.75) is 24.9 Å². The van der Waals surface area contributed by atoms with Gasteiger partial charge in [0.15, 0.2) is 9.84 Å². The Hall–Kier alpha value is -1.89. The van der Waals surface area contributed by atoms with Crippen molar-refractivity contribution >= 4 is 21.7 Å². The van der Waals surface area contributed by atoms with Gasteiger partial charge in [-0.25, -0.2) is 8.42 Å². The number of sulfone groups is 1. The van der Waals surface area contributed by atoms with Crippen molar-refractivity contribution in [3.05, 3.63) is 35.4 Å². The van der Waals surface area contributed by atoms with Gasteiger partial charge in [0.05, 0.1) is 11.5 Å². The van der Waals surface area contributed by atoms with Crippen molar-refractivity contribution in [1.82, 2.24) is 10.6 Å². The third-order valence-electron chi connectivity index (χ3n) is 3.89. The number of nitrogens with one attached hydrogen (secondary N) is 2. The number of hydrogen-bond donors (Lipinski definition) is 2. The maximum atomic E-state index is 12.2. The molecule has 0 aliphatic carbocycles. The van der Waals surface area contributed by atoms with Crippen LogP contribution in [0.1, 0.15) is 22.3 Å². The Balaban J connectivity index is 1.69. The van der Waals surface area contributed by atoms with Gasteiger partial charge in [-0.1, -0.05) is 18.2 Å². The molecule has 0 bridgehead atoms. The van der Waals surface area contributed by atoms with Crippen molar-refractivity contribution in [3.8, 4) is 0 Å². The van der Waals surface area contributed by atoms with E-state index in [0.717, 1.165) is 5.56 Å². The van der Waals surface area contributed by atoms with E-state index in [2.05, 4.69) is 10.6 Å². The molecule has 2 heterocycles. The largest absolute Gasteiger partial charge is 0.351 e. The van der Waals surface area contributed by atoms with Crippen LogP contribution in [-0.2, 0) is 21.1 Å². The summed E-state index contributed by atoms with van der Waals surface area (Å²) in [5, 5.41) is 5.39. The Kier molecular flexibility index (Phi) is 3.44. The summed E-state index contributed by atoms with van der Waals surface area (Å²) in [6.07, 6.45) is 0.860. The van der Waals surface area contributed by atoms with Gasteiger partial charge in [-0.3, -0.25) is 9.59 Å². The second-order valence-corrected chi connectivity index (χ2v) is 7.72. The molecule has 2 amide bonds. The van der Waals surface area contributed by atoms with Gasteiger partial charge in [0.25, 0.3) is 5.91 Å². The number of amides is 2. The summed E-state index contributed by atoms with van der Waals surface area (Å²) < 4.78 is 22.8. The first-order valence-electron chi connectivity index (χ1n) is 6.84. The van der Waals surface area contributed by atoms with Gasteiger partial charge in [0.1, 0.15) is 6.04 Å². The van der Waals surface area contributed by atoms with Crippen molar-refractivity contribution in [1.29, 1.82) is 0 Å². The van der Waals surface area contributed by atoms with Gasteiger partial charge in [0.2, 0.25) is 5.91 Å². The summed E-state index contributed by atoms with van der Waals surface area (Å²) in [7, 11) is -3.03. The number of fused-ring (bicyclic) bond motifs is 1. The molecule has 21 heavy (non-hydrogen) atoms. The summed E-state index contributed by atoms with van der Waals surface area (Å²) in [5.74, 6) is -0.496. The molecule has 6 nitrogen and oxygen atoms in total. The van der Waals surface area contributed by atoms with E-state index in [1.54, 1.807) is 12.1 Å². The molecule has 1 saturated heterocycles. The minimum absolute atomic E-state index is 0.0179. The average Bonchev–Trinajstić information content (AvgIpc) is 2.78. The Morgan fingerprint density at radius 2 is 2.05 bits per heavy atom. The lowest BCUT2D eigenvalue weighted by molar-refractivity contribution is -0.123. The van der Waals surface area contributed by atoms with Crippen LogP contribution in [0.15, 0.2) is 24.3 Å². The molecular weight excluding hydrogens is 292 g/mol. The molecule has 1 fully saturated rings. The molecule has 112 valence electrons. The molecule has 3 rings (SSSR count). The highest BCUT2D eigenvalue weighted by Crippen LogP contribution is 2.17. The third-order valence-corrected chi connectivity index (χ3v) is 5.65. The number of carbonyl (C=O) groups excluding carboxylic acids is 2. The quantitative estimate of drug-likeness (QED) is 0.781. The Morgan fingerprint density at radius 1 is 1.29 bits per heavy atom. The fourth-order valence-electron chi connectivity index (χ4n) is 2.80. The maximum Gasteiger partial charge on any atom is 0.252 e. The van der Waals surface area contributed by atoms with Crippen LogP contribution >= 0.6 is 0 Å². The zero-order valence-corrected chi connectivity index (χ0v) is 12.2. The number of hydrogen-bond acceptors (Lipinski definition) is 4. The summed E-state index contributed by atoms with van der Waals surface area (Å²) in [5.41, 5.74) is 1.42. The molecule has 0 radical (unpaired) electrons. The van der Waals surface area contributed by atoms with E-state index >= 15 is 0 Å². The average molecular weight is 308 g/mol. The zero-order chi connectivity index (χ0) is 15.0. The lowest BCUT2D eigenvalue weighted by atomic mass is 9.95. The summed E-state index contributed by atoms with van der Waals surface area (Å²) >= 11 is 0. The number of carbonyl (C=O) groups is 2. The van der Waals surface area contributed by atoms with Crippen molar-refractivity contribution < 1.29 is 18.0 Å². The van der Waals surface area contributed by atoms with E-state index in [4.69, 9.17) is 0 Å². The van der Waals surface area contributed by atoms with Crippen LogP contribution in [0.4, 0.5) is 0 Å². The number of benzene rings is 1.